The van der Waals surface area contributed by atoms with Gasteiger partial charge in [-0.15, -0.1) is 0 Å². The predicted octanol–water partition coefficient (Wildman–Crippen LogP) is -1.25. The van der Waals surface area contributed by atoms with E-state index < -0.39 is 0 Å². The lowest BCUT2D eigenvalue weighted by Gasteiger charge is -1.81. The van der Waals surface area contributed by atoms with Crippen LogP contribution < -0.4 is 11.3 Å². The summed E-state index contributed by atoms with van der Waals surface area (Å²) in [4.78, 5) is 0. The molecule has 0 radical (unpaired) electrons. The third-order valence-corrected chi connectivity index (χ3v) is 1.22. The van der Waals surface area contributed by atoms with Crippen molar-refractivity contribution < 1.29 is 4.74 Å². The Morgan fingerprint density at radius 1 is 1.86 bits per heavy atom. The molecule has 2 atom stereocenters. The van der Waals surface area contributed by atoms with Crippen LogP contribution in [0.15, 0.2) is 0 Å². The maximum absolute atomic E-state index is 5.02. The van der Waals surface area contributed by atoms with Gasteiger partial charge in [-0.25, -0.2) is 0 Å². The summed E-state index contributed by atoms with van der Waals surface area (Å²) in [5, 5.41) is 0. The van der Waals surface area contributed by atoms with Crippen molar-refractivity contribution in [1.29, 1.82) is 0 Å². The fraction of sp³-hybridized carbons (Fsp3) is 1.00. The maximum Gasteiger partial charge on any atom is 0.241 e. The largest absolute Gasteiger partial charge is 0.417 e. The summed E-state index contributed by atoms with van der Waals surface area (Å²) >= 11 is 0. The average molecular weight is 103 g/mol. The average Bonchev–Trinajstić information content (AvgIpc) is 2.22. The second kappa shape index (κ2) is 1.78. The van der Waals surface area contributed by atoms with Gasteiger partial charge in [-0.1, -0.05) is 0 Å². The highest BCUT2D eigenvalue weighted by molar-refractivity contribution is 4.78. The van der Waals surface area contributed by atoms with Crippen LogP contribution in [0, 0.1) is 0 Å². The first-order valence-corrected chi connectivity index (χ1v) is 2.48. The molecule has 3 nitrogen and oxygen atoms in total. The van der Waals surface area contributed by atoms with E-state index in [-0.39, 0.29) is 0 Å². The molecule has 1 aliphatic rings. The van der Waals surface area contributed by atoms with E-state index in [1.165, 1.54) is 0 Å². The molecule has 0 spiro atoms. The van der Waals surface area contributed by atoms with E-state index in [0.717, 1.165) is 6.54 Å². The van der Waals surface area contributed by atoms with E-state index in [9.17, 15) is 0 Å². The van der Waals surface area contributed by atoms with Crippen LogP contribution in [0.1, 0.15) is 6.92 Å². The number of hydrogen-bond donors (Lipinski definition) is 2. The zero-order chi connectivity index (χ0) is 5.28. The van der Waals surface area contributed by atoms with Crippen LogP contribution in [-0.2, 0) is 0 Å². The third kappa shape index (κ3) is 1.12. The fourth-order valence-electron chi connectivity index (χ4n) is 0.596. The second-order valence-corrected chi connectivity index (χ2v) is 1.87. The van der Waals surface area contributed by atoms with Crippen molar-refractivity contribution in [3.63, 3.8) is 0 Å². The van der Waals surface area contributed by atoms with Gasteiger partial charge in [0.05, 0.1) is 6.54 Å². The Morgan fingerprint density at radius 3 is 2.57 bits per heavy atom. The summed E-state index contributed by atoms with van der Waals surface area (Å²) in [5.74, 6) is 5.02. The summed E-state index contributed by atoms with van der Waals surface area (Å²) in [5.41, 5.74) is 2.57. The van der Waals surface area contributed by atoms with Gasteiger partial charge in [-0.3, -0.25) is 11.3 Å². The molecule has 0 aromatic carbocycles. The van der Waals surface area contributed by atoms with Gasteiger partial charge >= 0.3 is 0 Å². The minimum Gasteiger partial charge on any atom is -0.417 e. The highest BCUT2D eigenvalue weighted by Crippen LogP contribution is 2.13. The quantitative estimate of drug-likeness (QED) is 0.198. The van der Waals surface area contributed by atoms with E-state index >= 15 is 0 Å². The first kappa shape index (κ1) is 5.03. The summed E-state index contributed by atoms with van der Waals surface area (Å²) in [6.45, 7) is 2.92. The molecule has 3 heteroatoms. The molecule has 1 fully saturated rings. The number of nitrogens with two attached hydrogens (primary N) is 1. The first-order chi connectivity index (χ1) is 3.34. The number of rotatable bonds is 2. The van der Waals surface area contributed by atoms with Gasteiger partial charge in [-0.2, -0.15) is 0 Å². The molecule has 0 aliphatic carbocycles. The van der Waals surface area contributed by atoms with Crippen molar-refractivity contribution in [3.8, 4) is 0 Å². The molecule has 42 valence electrons. The number of nitrogens with one attached hydrogen (secondary N) is 1. The van der Waals surface area contributed by atoms with Gasteiger partial charge in [0.25, 0.3) is 0 Å². The van der Waals surface area contributed by atoms with Gasteiger partial charge in [0.15, 0.2) is 0 Å². The van der Waals surface area contributed by atoms with Gasteiger partial charge in [0.2, 0.25) is 12.2 Å². The molecule has 0 aromatic rings. The smallest absolute Gasteiger partial charge is 0.241 e. The van der Waals surface area contributed by atoms with Gasteiger partial charge in [-0.05, 0) is 0 Å². The monoisotopic (exact) mass is 103 g/mol. The van der Waals surface area contributed by atoms with Crippen molar-refractivity contribution in [2.45, 2.75) is 19.1 Å². The van der Waals surface area contributed by atoms with Crippen LogP contribution in [0.3, 0.4) is 0 Å². The molecular formula is C4H11N2O+. The molecule has 0 aromatic heterocycles. The Morgan fingerprint density at radius 2 is 2.43 bits per heavy atom. The second-order valence-electron chi connectivity index (χ2n) is 1.87. The van der Waals surface area contributed by atoms with Crippen molar-refractivity contribution in [3.05, 3.63) is 0 Å². The lowest BCUT2D eigenvalue weighted by Crippen LogP contribution is -2.27. The molecule has 7 heavy (non-hydrogen) atoms. The summed E-state index contributed by atoms with van der Waals surface area (Å²) < 4.78 is 4.10. The van der Waals surface area contributed by atoms with Crippen molar-refractivity contribution in [2.75, 3.05) is 6.54 Å². The topological polar surface area (TPSA) is 50.8 Å². The fourth-order valence-corrected chi connectivity index (χ4v) is 0.596. The van der Waals surface area contributed by atoms with Crippen LogP contribution in [0.25, 0.3) is 0 Å². The van der Waals surface area contributed by atoms with Gasteiger partial charge in [0.1, 0.15) is 0 Å². The molecule has 1 rings (SSSR count). The Hall–Kier alpha value is -0.120. The number of aliphatic hydroxyl groups is 2. The lowest BCUT2D eigenvalue weighted by molar-refractivity contribution is 0.175. The molecule has 0 amide bonds. The van der Waals surface area contributed by atoms with Gasteiger partial charge < -0.3 is 4.74 Å². The van der Waals surface area contributed by atoms with Crippen molar-refractivity contribution >= 4 is 0 Å². The number of ether oxygens (including phenoxy) is 1. The van der Waals surface area contributed by atoms with Crippen LogP contribution in [0.2, 0.25) is 0 Å². The van der Waals surface area contributed by atoms with Gasteiger partial charge in [0, 0.05) is 6.92 Å². The van der Waals surface area contributed by atoms with Crippen LogP contribution >= 0.6 is 0 Å². The van der Waals surface area contributed by atoms with Crippen LogP contribution in [0.4, 0.5) is 0 Å². The molecular weight excluding hydrogens is 92.1 g/mol. The zero-order valence-electron chi connectivity index (χ0n) is 4.39. The molecule has 0 bridgehead atoms. The Balaban J connectivity index is 1.98. The molecule has 4 N–H and O–H groups in total. The third-order valence-electron chi connectivity index (χ3n) is 1.22. The maximum atomic E-state index is 5.02. The summed E-state index contributed by atoms with van der Waals surface area (Å²) in [7, 11) is 0. The highest BCUT2D eigenvalue weighted by atomic mass is 16.6. The SMILES string of the molecule is CC1[OH+]C1CNN. The number of hydrazine groups is 1. The number of hydrogen-bond acceptors (Lipinski definition) is 2. The van der Waals surface area contributed by atoms with Crippen LogP contribution in [0.5, 0.6) is 0 Å². The standard InChI is InChI=1S/C4H10N2O/c1-3-4(7-3)2-6-5/h3-4,6H,2,5H2,1H3/p+1. The first-order valence-electron chi connectivity index (χ1n) is 2.48. The molecule has 0 saturated carbocycles. The molecule has 1 heterocycles. The molecule has 1 aliphatic heterocycles. The van der Waals surface area contributed by atoms with E-state index in [4.69, 9.17) is 5.84 Å². The van der Waals surface area contributed by atoms with Crippen molar-refractivity contribution in [1.82, 2.24) is 5.43 Å². The summed E-state index contributed by atoms with van der Waals surface area (Å²) in [6.07, 6.45) is 1.06. The zero-order valence-corrected chi connectivity index (χ0v) is 4.39. The van der Waals surface area contributed by atoms with E-state index in [2.05, 4.69) is 17.1 Å². The predicted molar refractivity (Wildman–Crippen MR) is 27.7 cm³/mol. The molecule has 1 saturated heterocycles. The Kier molecular flexibility index (Phi) is 1.27. The minimum atomic E-state index is 0.505. The Labute approximate surface area is 42.8 Å². The highest BCUT2D eigenvalue weighted by Gasteiger charge is 2.42. The van der Waals surface area contributed by atoms with E-state index in [1.54, 1.807) is 0 Å². The van der Waals surface area contributed by atoms with E-state index in [1.807, 2.05) is 0 Å². The normalized spacial score (nSPS) is 38.6. The minimum absolute atomic E-state index is 0.505. The summed E-state index contributed by atoms with van der Waals surface area (Å²) in [6, 6.07) is 0. The molecule has 2 unspecified atom stereocenters. The van der Waals surface area contributed by atoms with Crippen LogP contribution in [-0.4, -0.2) is 23.5 Å². The van der Waals surface area contributed by atoms with Crippen molar-refractivity contribution in [2.24, 2.45) is 5.84 Å². The lowest BCUT2D eigenvalue weighted by atomic mass is 10.3. The van der Waals surface area contributed by atoms with E-state index in [0.29, 0.717) is 12.2 Å². The number of epoxide rings is 1. The Bertz CT molecular complexity index is 66.7.